The third kappa shape index (κ3) is 3.52. The monoisotopic (exact) mass is 347 g/mol. The number of hydrogen-bond acceptors (Lipinski definition) is 3. The molecule has 0 aliphatic carbocycles. The summed E-state index contributed by atoms with van der Waals surface area (Å²) in [5, 5.41) is 4.17. The van der Waals surface area contributed by atoms with Crippen LogP contribution in [0.2, 0.25) is 0 Å². The number of methoxy groups -OCH3 is 1. The van der Waals surface area contributed by atoms with E-state index in [2.05, 4.69) is 72.0 Å². The number of ether oxygens (including phenoxy) is 1. The van der Waals surface area contributed by atoms with E-state index >= 15 is 0 Å². The summed E-state index contributed by atoms with van der Waals surface area (Å²) in [4.78, 5) is 1.31. The Kier molecular flexibility index (Phi) is 4.66. The molecule has 0 unspecified atom stereocenters. The van der Waals surface area contributed by atoms with Crippen LogP contribution in [0.3, 0.4) is 0 Å². The molecule has 0 bridgehead atoms. The van der Waals surface area contributed by atoms with Crippen molar-refractivity contribution in [1.82, 2.24) is 0 Å². The molecule has 3 aromatic carbocycles. The van der Waals surface area contributed by atoms with Crippen LogP contribution in [0.4, 0.5) is 5.69 Å². The van der Waals surface area contributed by atoms with Gasteiger partial charge in [-0.05, 0) is 41.8 Å². The van der Waals surface area contributed by atoms with Gasteiger partial charge < -0.3 is 10.1 Å². The van der Waals surface area contributed by atoms with Crippen molar-refractivity contribution >= 4 is 17.4 Å². The van der Waals surface area contributed by atoms with E-state index in [1.165, 1.54) is 21.7 Å². The molecule has 0 aromatic heterocycles. The topological polar surface area (TPSA) is 21.3 Å². The minimum atomic E-state index is 0.271. The molecule has 0 amide bonds. The maximum Gasteiger partial charge on any atom is 0.118 e. The van der Waals surface area contributed by atoms with E-state index in [-0.39, 0.29) is 6.04 Å². The van der Waals surface area contributed by atoms with E-state index in [9.17, 15) is 0 Å². The van der Waals surface area contributed by atoms with Gasteiger partial charge in [0.2, 0.25) is 0 Å². The van der Waals surface area contributed by atoms with Crippen molar-refractivity contribution in [3.8, 4) is 5.75 Å². The molecule has 1 aliphatic rings. The molecule has 4 rings (SSSR count). The van der Waals surface area contributed by atoms with Gasteiger partial charge in [0.25, 0.3) is 0 Å². The molecule has 0 saturated heterocycles. The smallest absolute Gasteiger partial charge is 0.118 e. The van der Waals surface area contributed by atoms with Gasteiger partial charge in [0.15, 0.2) is 0 Å². The number of rotatable bonds is 3. The van der Waals surface area contributed by atoms with Crippen LogP contribution in [-0.4, -0.2) is 7.11 Å². The zero-order valence-electron chi connectivity index (χ0n) is 14.2. The fourth-order valence-electron chi connectivity index (χ4n) is 3.28. The van der Waals surface area contributed by atoms with Gasteiger partial charge in [-0.3, -0.25) is 0 Å². The maximum absolute atomic E-state index is 5.30. The molecular weight excluding hydrogens is 326 g/mol. The minimum absolute atomic E-state index is 0.271. The molecule has 1 heterocycles. The number of anilines is 1. The summed E-state index contributed by atoms with van der Waals surface area (Å²) in [6.07, 6.45) is 1.04. The lowest BCUT2D eigenvalue weighted by Crippen LogP contribution is -2.11. The highest BCUT2D eigenvalue weighted by atomic mass is 32.2. The second kappa shape index (κ2) is 7.24. The SMILES string of the molecule is COc1ccc([C@@H]2C[C@H](c3ccccc3)Sc3ccccc3N2)cc1. The molecule has 126 valence electrons. The van der Waals surface area contributed by atoms with Gasteiger partial charge in [-0.15, -0.1) is 11.8 Å². The fraction of sp³-hybridized carbons (Fsp3) is 0.182. The number of nitrogens with one attached hydrogen (secondary N) is 1. The number of benzene rings is 3. The summed E-state index contributed by atoms with van der Waals surface area (Å²) in [7, 11) is 1.71. The molecule has 0 fully saturated rings. The van der Waals surface area contributed by atoms with Crippen molar-refractivity contribution in [2.45, 2.75) is 22.6 Å². The number of hydrogen-bond donors (Lipinski definition) is 1. The zero-order chi connectivity index (χ0) is 17.1. The Balaban J connectivity index is 1.71. The van der Waals surface area contributed by atoms with Gasteiger partial charge in [-0.2, -0.15) is 0 Å². The van der Waals surface area contributed by atoms with Gasteiger partial charge in [0.05, 0.1) is 13.2 Å². The van der Waals surface area contributed by atoms with Crippen molar-refractivity contribution in [3.63, 3.8) is 0 Å². The van der Waals surface area contributed by atoms with E-state index in [1.807, 2.05) is 23.9 Å². The van der Waals surface area contributed by atoms with E-state index in [1.54, 1.807) is 7.11 Å². The van der Waals surface area contributed by atoms with Crippen LogP contribution in [0.5, 0.6) is 5.75 Å². The first-order chi connectivity index (χ1) is 12.3. The van der Waals surface area contributed by atoms with Crippen LogP contribution in [0, 0.1) is 0 Å². The Hall–Kier alpha value is -2.39. The lowest BCUT2D eigenvalue weighted by Gasteiger charge is -2.22. The summed E-state index contributed by atoms with van der Waals surface area (Å²) in [6.45, 7) is 0. The minimum Gasteiger partial charge on any atom is -0.497 e. The highest BCUT2D eigenvalue weighted by Crippen LogP contribution is 2.48. The van der Waals surface area contributed by atoms with Crippen molar-refractivity contribution in [2.24, 2.45) is 0 Å². The van der Waals surface area contributed by atoms with Crippen LogP contribution in [0.25, 0.3) is 0 Å². The van der Waals surface area contributed by atoms with Gasteiger partial charge in [-0.25, -0.2) is 0 Å². The number of thioether (sulfide) groups is 1. The molecule has 0 radical (unpaired) electrons. The Bertz CT molecular complexity index is 832. The quantitative estimate of drug-likeness (QED) is 0.620. The van der Waals surface area contributed by atoms with Gasteiger partial charge in [0.1, 0.15) is 5.75 Å². The second-order valence-corrected chi connectivity index (χ2v) is 7.46. The lowest BCUT2D eigenvalue weighted by atomic mass is 9.98. The van der Waals surface area contributed by atoms with Crippen LogP contribution in [-0.2, 0) is 0 Å². The second-order valence-electron chi connectivity index (χ2n) is 6.22. The van der Waals surface area contributed by atoms with Gasteiger partial charge >= 0.3 is 0 Å². The predicted molar refractivity (Wildman–Crippen MR) is 105 cm³/mol. The summed E-state index contributed by atoms with van der Waals surface area (Å²) in [6, 6.07) is 28.1. The molecule has 1 aliphatic heterocycles. The van der Waals surface area contributed by atoms with Crippen LogP contribution in [0.15, 0.2) is 83.8 Å². The first-order valence-electron chi connectivity index (χ1n) is 8.54. The van der Waals surface area contributed by atoms with Crippen LogP contribution < -0.4 is 10.1 Å². The molecule has 3 aromatic rings. The predicted octanol–water partition coefficient (Wildman–Crippen LogP) is 6.09. The van der Waals surface area contributed by atoms with Crippen LogP contribution in [0.1, 0.15) is 28.8 Å². The maximum atomic E-state index is 5.30. The summed E-state index contributed by atoms with van der Waals surface area (Å²) < 4.78 is 5.30. The Morgan fingerprint density at radius 3 is 2.32 bits per heavy atom. The Morgan fingerprint density at radius 1 is 0.840 bits per heavy atom. The van der Waals surface area contributed by atoms with E-state index < -0.39 is 0 Å². The average molecular weight is 347 g/mol. The molecule has 0 saturated carbocycles. The van der Waals surface area contributed by atoms with Crippen molar-refractivity contribution in [2.75, 3.05) is 12.4 Å². The standard InChI is InChI=1S/C22H21NOS/c1-24-18-13-11-16(12-14-18)20-15-22(17-7-3-2-4-8-17)25-21-10-6-5-9-19(21)23-20/h2-14,20,22-23H,15H2,1H3/t20-,22+/m0/s1. The third-order valence-corrected chi connectivity index (χ3v) is 5.98. The molecule has 2 nitrogen and oxygen atoms in total. The summed E-state index contributed by atoms with van der Waals surface area (Å²) in [5.41, 5.74) is 3.88. The first-order valence-corrected chi connectivity index (χ1v) is 9.42. The zero-order valence-corrected chi connectivity index (χ0v) is 15.0. The summed E-state index contributed by atoms with van der Waals surface area (Å²) in [5.74, 6) is 0.895. The molecule has 25 heavy (non-hydrogen) atoms. The normalized spacial score (nSPS) is 19.4. The third-order valence-electron chi connectivity index (χ3n) is 4.63. The number of para-hydroxylation sites is 1. The largest absolute Gasteiger partial charge is 0.497 e. The van der Waals surface area contributed by atoms with E-state index in [4.69, 9.17) is 4.74 Å². The van der Waals surface area contributed by atoms with Crippen LogP contribution >= 0.6 is 11.8 Å². The fourth-order valence-corrected chi connectivity index (χ4v) is 4.58. The van der Waals surface area contributed by atoms with Crippen molar-refractivity contribution < 1.29 is 4.74 Å². The highest BCUT2D eigenvalue weighted by Gasteiger charge is 2.25. The average Bonchev–Trinajstić information content (AvgIpc) is 2.88. The van der Waals surface area contributed by atoms with Crippen molar-refractivity contribution in [3.05, 3.63) is 90.0 Å². The molecule has 2 atom stereocenters. The molecular formula is C22H21NOS. The highest BCUT2D eigenvalue weighted by molar-refractivity contribution is 7.99. The molecule has 3 heteroatoms. The Morgan fingerprint density at radius 2 is 1.56 bits per heavy atom. The van der Waals surface area contributed by atoms with Gasteiger partial charge in [-0.1, -0.05) is 54.6 Å². The number of fused-ring (bicyclic) bond motifs is 1. The summed E-state index contributed by atoms with van der Waals surface area (Å²) >= 11 is 1.95. The van der Waals surface area contributed by atoms with Gasteiger partial charge in [0, 0.05) is 15.8 Å². The molecule has 1 N–H and O–H groups in total. The van der Waals surface area contributed by atoms with E-state index in [0.29, 0.717) is 5.25 Å². The van der Waals surface area contributed by atoms with E-state index in [0.717, 1.165) is 12.2 Å². The first kappa shape index (κ1) is 16.1. The molecule has 0 spiro atoms. The lowest BCUT2D eigenvalue weighted by molar-refractivity contribution is 0.414. The van der Waals surface area contributed by atoms with Crippen molar-refractivity contribution in [1.29, 1.82) is 0 Å². The Labute approximate surface area is 153 Å².